The molecule has 88 valence electrons. The second kappa shape index (κ2) is 4.18. The van der Waals surface area contributed by atoms with E-state index in [1.807, 2.05) is 0 Å². The van der Waals surface area contributed by atoms with E-state index in [4.69, 9.17) is 21.1 Å². The summed E-state index contributed by atoms with van der Waals surface area (Å²) >= 11 is 7.23. The van der Waals surface area contributed by atoms with Gasteiger partial charge in [-0.1, -0.05) is 11.6 Å². The average Bonchev–Trinajstić information content (AvgIpc) is 2.95. The molecule has 3 heterocycles. The molecule has 3 aliphatic rings. The minimum atomic E-state index is -1.02. The maximum absolute atomic E-state index is 6.12. The SMILES string of the molecule is ClC1=NSN=C(N2CCCC2)C12OCCO2. The smallest absolute Gasteiger partial charge is 0.286 e. The summed E-state index contributed by atoms with van der Waals surface area (Å²) in [7, 11) is 0. The van der Waals surface area contributed by atoms with Gasteiger partial charge in [-0.15, -0.1) is 0 Å². The second-order valence-corrected chi connectivity index (χ2v) is 4.77. The van der Waals surface area contributed by atoms with Crippen LogP contribution in [0.1, 0.15) is 12.8 Å². The third kappa shape index (κ3) is 1.55. The fourth-order valence-corrected chi connectivity index (χ4v) is 2.99. The Morgan fingerprint density at radius 2 is 1.88 bits per heavy atom. The van der Waals surface area contributed by atoms with Crippen molar-refractivity contribution in [2.45, 2.75) is 18.6 Å². The molecule has 2 fully saturated rings. The van der Waals surface area contributed by atoms with Crippen LogP contribution in [0.4, 0.5) is 0 Å². The molecule has 0 aliphatic carbocycles. The minimum Gasteiger partial charge on any atom is -0.355 e. The first kappa shape index (κ1) is 10.8. The molecular weight excluding hydrogens is 250 g/mol. The van der Waals surface area contributed by atoms with Crippen molar-refractivity contribution < 1.29 is 9.47 Å². The van der Waals surface area contributed by atoms with E-state index in [0.717, 1.165) is 31.1 Å². The molecule has 0 aromatic heterocycles. The molecule has 1 spiro atoms. The van der Waals surface area contributed by atoms with Gasteiger partial charge in [-0.25, -0.2) is 0 Å². The highest BCUT2D eigenvalue weighted by atomic mass is 35.5. The van der Waals surface area contributed by atoms with Crippen molar-refractivity contribution in [1.29, 1.82) is 0 Å². The highest BCUT2D eigenvalue weighted by molar-refractivity contribution is 7.97. The van der Waals surface area contributed by atoms with Gasteiger partial charge >= 0.3 is 0 Å². The van der Waals surface area contributed by atoms with Crippen LogP contribution >= 0.6 is 23.7 Å². The number of hydrogen-bond acceptors (Lipinski definition) is 6. The van der Waals surface area contributed by atoms with Gasteiger partial charge in [0.1, 0.15) is 12.1 Å². The maximum Gasteiger partial charge on any atom is 0.286 e. The largest absolute Gasteiger partial charge is 0.355 e. The maximum atomic E-state index is 6.12. The molecule has 5 nitrogen and oxygen atoms in total. The van der Waals surface area contributed by atoms with E-state index in [9.17, 15) is 0 Å². The van der Waals surface area contributed by atoms with Crippen molar-refractivity contribution in [3.05, 3.63) is 0 Å². The zero-order chi connectivity index (χ0) is 11.0. The monoisotopic (exact) mass is 261 g/mol. The molecule has 3 rings (SSSR count). The zero-order valence-corrected chi connectivity index (χ0v) is 10.3. The summed E-state index contributed by atoms with van der Waals surface area (Å²) in [5, 5.41) is 0.340. The number of rotatable bonds is 0. The topological polar surface area (TPSA) is 46.4 Å². The van der Waals surface area contributed by atoms with Crippen LogP contribution in [0.2, 0.25) is 0 Å². The molecule has 0 aromatic rings. The lowest BCUT2D eigenvalue weighted by molar-refractivity contribution is -0.0446. The Morgan fingerprint density at radius 3 is 2.56 bits per heavy atom. The Kier molecular flexibility index (Phi) is 2.83. The summed E-state index contributed by atoms with van der Waals surface area (Å²) in [6.07, 6.45) is 2.35. The van der Waals surface area contributed by atoms with Gasteiger partial charge in [-0.2, -0.15) is 8.80 Å². The van der Waals surface area contributed by atoms with Gasteiger partial charge in [0.25, 0.3) is 5.79 Å². The van der Waals surface area contributed by atoms with Crippen molar-refractivity contribution in [1.82, 2.24) is 4.90 Å². The normalized spacial score (nSPS) is 28.4. The number of hydrogen-bond donors (Lipinski definition) is 0. The second-order valence-electron chi connectivity index (χ2n) is 3.89. The highest BCUT2D eigenvalue weighted by Gasteiger charge is 2.51. The summed E-state index contributed by atoms with van der Waals surface area (Å²) in [6.45, 7) is 3.03. The fraction of sp³-hybridized carbons (Fsp3) is 0.778. The predicted octanol–water partition coefficient (Wildman–Crippen LogP) is 1.44. The summed E-state index contributed by atoms with van der Waals surface area (Å²) in [4.78, 5) is 2.18. The first-order valence-electron chi connectivity index (χ1n) is 5.34. The summed E-state index contributed by atoms with van der Waals surface area (Å²) in [5.41, 5.74) is 0. The number of likely N-dealkylation sites (tertiary alicyclic amines) is 1. The minimum absolute atomic E-state index is 0.340. The molecule has 7 heteroatoms. The van der Waals surface area contributed by atoms with Gasteiger partial charge in [0.15, 0.2) is 11.0 Å². The summed E-state index contributed by atoms with van der Waals surface area (Å²) in [5.74, 6) is -0.246. The lowest BCUT2D eigenvalue weighted by Crippen LogP contribution is -2.53. The van der Waals surface area contributed by atoms with Crippen LogP contribution in [0, 0.1) is 0 Å². The highest BCUT2D eigenvalue weighted by Crippen LogP contribution is 2.34. The third-order valence-corrected chi connectivity index (χ3v) is 3.87. The molecule has 2 saturated heterocycles. The van der Waals surface area contributed by atoms with E-state index in [-0.39, 0.29) is 0 Å². The number of ether oxygens (including phenoxy) is 2. The Morgan fingerprint density at radius 1 is 1.19 bits per heavy atom. The Hall–Kier alpha value is -0.300. The van der Waals surface area contributed by atoms with Crippen molar-refractivity contribution in [2.75, 3.05) is 26.3 Å². The van der Waals surface area contributed by atoms with Crippen molar-refractivity contribution >= 4 is 34.7 Å². The molecular formula is C9H12ClN3O2S. The van der Waals surface area contributed by atoms with Crippen LogP contribution in [0.25, 0.3) is 0 Å². The molecule has 0 atom stereocenters. The van der Waals surface area contributed by atoms with Gasteiger partial charge in [0.2, 0.25) is 0 Å². The molecule has 0 aromatic carbocycles. The van der Waals surface area contributed by atoms with Gasteiger partial charge in [0.05, 0.1) is 13.2 Å². The Bertz CT molecular complexity index is 349. The molecule has 0 unspecified atom stereocenters. The molecule has 3 aliphatic heterocycles. The number of halogens is 1. The van der Waals surface area contributed by atoms with Gasteiger partial charge in [-0.3, -0.25) is 0 Å². The van der Waals surface area contributed by atoms with Crippen LogP contribution in [-0.2, 0) is 9.47 Å². The van der Waals surface area contributed by atoms with Crippen LogP contribution < -0.4 is 0 Å². The quantitative estimate of drug-likeness (QED) is 0.619. The predicted molar refractivity (Wildman–Crippen MR) is 63.8 cm³/mol. The zero-order valence-electron chi connectivity index (χ0n) is 8.69. The fourth-order valence-electron chi connectivity index (χ4n) is 2.16. The first-order chi connectivity index (χ1) is 7.83. The molecule has 0 saturated carbocycles. The summed E-state index contributed by atoms with van der Waals surface area (Å²) in [6, 6.07) is 0. The van der Waals surface area contributed by atoms with Crippen LogP contribution in [0.3, 0.4) is 0 Å². The Labute approximate surface area is 103 Å². The number of nitrogens with zero attached hydrogens (tertiary/aromatic N) is 3. The van der Waals surface area contributed by atoms with Gasteiger partial charge in [-0.05, 0) is 12.8 Å². The van der Waals surface area contributed by atoms with Crippen molar-refractivity contribution in [2.24, 2.45) is 8.80 Å². The van der Waals surface area contributed by atoms with Crippen LogP contribution in [0.15, 0.2) is 8.80 Å². The van der Waals surface area contributed by atoms with E-state index in [0.29, 0.717) is 18.4 Å². The van der Waals surface area contributed by atoms with Crippen LogP contribution in [-0.4, -0.2) is 48.0 Å². The lowest BCUT2D eigenvalue weighted by Gasteiger charge is -2.33. The summed E-state index contributed by atoms with van der Waals surface area (Å²) < 4.78 is 19.7. The third-order valence-electron chi connectivity index (χ3n) is 2.91. The number of amidine groups is 1. The van der Waals surface area contributed by atoms with E-state index >= 15 is 0 Å². The molecule has 16 heavy (non-hydrogen) atoms. The van der Waals surface area contributed by atoms with E-state index < -0.39 is 5.79 Å². The van der Waals surface area contributed by atoms with Crippen LogP contribution in [0.5, 0.6) is 0 Å². The lowest BCUT2D eigenvalue weighted by atomic mass is 10.2. The Balaban J connectivity index is 1.93. The van der Waals surface area contributed by atoms with Crippen molar-refractivity contribution in [3.63, 3.8) is 0 Å². The first-order valence-corrected chi connectivity index (χ1v) is 6.45. The van der Waals surface area contributed by atoms with E-state index in [1.54, 1.807) is 0 Å². The van der Waals surface area contributed by atoms with E-state index in [2.05, 4.69) is 13.7 Å². The van der Waals surface area contributed by atoms with E-state index in [1.165, 1.54) is 12.8 Å². The molecule has 0 N–H and O–H groups in total. The average molecular weight is 262 g/mol. The van der Waals surface area contributed by atoms with Gasteiger partial charge in [0, 0.05) is 13.1 Å². The van der Waals surface area contributed by atoms with Gasteiger partial charge < -0.3 is 14.4 Å². The standard InChI is InChI=1S/C9H12ClN3O2S/c10-7-9(14-5-6-15-9)8(12-16-11-7)13-3-1-2-4-13/h1-6H2. The molecule has 0 radical (unpaired) electrons. The van der Waals surface area contributed by atoms with Crippen molar-refractivity contribution in [3.8, 4) is 0 Å². The molecule has 0 amide bonds. The molecule has 0 bridgehead atoms.